The molecule has 0 aliphatic carbocycles. The summed E-state index contributed by atoms with van der Waals surface area (Å²) in [5, 5.41) is 10.7. The predicted molar refractivity (Wildman–Crippen MR) is 88.1 cm³/mol. The fraction of sp³-hybridized carbons (Fsp3) is 0.375. The third-order valence-corrected chi connectivity index (χ3v) is 4.49. The number of aromatic nitrogens is 2. The zero-order valence-corrected chi connectivity index (χ0v) is 14.4. The molecule has 3 rings (SSSR count). The highest BCUT2D eigenvalue weighted by atomic mass is 32.2. The standard InChI is InChI=1S/C16H17FN4O3S/c1-10-19-20-16(24-10)25-9-14(22)18-13-6-15(23)21(8-13)7-11-3-2-4-12(17)5-11/h2-5,13H,6-9H2,1H3,(H,18,22). The first-order chi connectivity index (χ1) is 12.0. The number of thioether (sulfide) groups is 1. The van der Waals surface area contributed by atoms with Crippen LogP contribution in [0.3, 0.4) is 0 Å². The number of hydrogen-bond donors (Lipinski definition) is 1. The minimum Gasteiger partial charge on any atom is -0.416 e. The molecule has 2 amide bonds. The summed E-state index contributed by atoms with van der Waals surface area (Å²) in [6, 6.07) is 5.90. The van der Waals surface area contributed by atoms with Gasteiger partial charge in [0.2, 0.25) is 17.7 Å². The van der Waals surface area contributed by atoms with Gasteiger partial charge in [-0.2, -0.15) is 0 Å². The van der Waals surface area contributed by atoms with E-state index in [0.29, 0.717) is 24.2 Å². The fourth-order valence-electron chi connectivity index (χ4n) is 2.61. The van der Waals surface area contributed by atoms with Crippen molar-refractivity contribution in [3.8, 4) is 0 Å². The van der Waals surface area contributed by atoms with Gasteiger partial charge in [0.25, 0.3) is 5.22 Å². The minimum atomic E-state index is -0.331. The summed E-state index contributed by atoms with van der Waals surface area (Å²) in [6.07, 6.45) is 0.241. The Bertz CT molecular complexity index is 782. The molecule has 1 atom stereocenters. The lowest BCUT2D eigenvalue weighted by Gasteiger charge is -2.17. The molecule has 132 valence electrons. The number of hydrogen-bond acceptors (Lipinski definition) is 6. The number of likely N-dealkylation sites (tertiary alicyclic amines) is 1. The number of nitrogens with one attached hydrogen (secondary N) is 1. The van der Waals surface area contributed by atoms with E-state index in [1.807, 2.05) is 0 Å². The van der Waals surface area contributed by atoms with Crippen LogP contribution < -0.4 is 5.32 Å². The Morgan fingerprint density at radius 2 is 2.32 bits per heavy atom. The summed E-state index contributed by atoms with van der Waals surface area (Å²) in [5.74, 6) is -0.0171. The van der Waals surface area contributed by atoms with E-state index in [9.17, 15) is 14.0 Å². The molecule has 1 N–H and O–H groups in total. The van der Waals surface area contributed by atoms with Crippen LogP contribution in [0.1, 0.15) is 17.9 Å². The molecule has 1 aliphatic heterocycles. The van der Waals surface area contributed by atoms with E-state index in [0.717, 1.165) is 17.3 Å². The van der Waals surface area contributed by atoms with Crippen molar-refractivity contribution in [1.29, 1.82) is 0 Å². The average molecular weight is 364 g/mol. The van der Waals surface area contributed by atoms with Gasteiger partial charge in [-0.1, -0.05) is 23.9 Å². The van der Waals surface area contributed by atoms with Crippen molar-refractivity contribution in [2.75, 3.05) is 12.3 Å². The molecule has 0 spiro atoms. The first-order valence-electron chi connectivity index (χ1n) is 7.74. The molecule has 1 aromatic heterocycles. The van der Waals surface area contributed by atoms with Crippen LogP contribution in [0.2, 0.25) is 0 Å². The van der Waals surface area contributed by atoms with E-state index in [2.05, 4.69) is 15.5 Å². The van der Waals surface area contributed by atoms with E-state index in [4.69, 9.17) is 4.42 Å². The smallest absolute Gasteiger partial charge is 0.277 e. The maximum absolute atomic E-state index is 13.2. The quantitative estimate of drug-likeness (QED) is 0.782. The van der Waals surface area contributed by atoms with Gasteiger partial charge in [-0.25, -0.2) is 4.39 Å². The lowest BCUT2D eigenvalue weighted by atomic mass is 10.2. The van der Waals surface area contributed by atoms with Gasteiger partial charge >= 0.3 is 0 Å². The Kier molecular flexibility index (Phi) is 5.32. The van der Waals surface area contributed by atoms with Gasteiger partial charge in [0, 0.05) is 26.4 Å². The van der Waals surface area contributed by atoms with Crippen molar-refractivity contribution in [3.05, 3.63) is 41.5 Å². The number of aryl methyl sites for hydroxylation is 1. The van der Waals surface area contributed by atoms with Gasteiger partial charge < -0.3 is 14.6 Å². The Labute approximate surface area is 148 Å². The molecule has 1 aliphatic rings. The van der Waals surface area contributed by atoms with Gasteiger partial charge in [-0.05, 0) is 17.7 Å². The summed E-state index contributed by atoms with van der Waals surface area (Å²) in [5.41, 5.74) is 0.725. The van der Waals surface area contributed by atoms with Crippen LogP contribution in [0.15, 0.2) is 33.9 Å². The molecule has 1 saturated heterocycles. The van der Waals surface area contributed by atoms with Crippen LogP contribution in [0.25, 0.3) is 0 Å². The molecule has 0 radical (unpaired) electrons. The normalized spacial score (nSPS) is 17.1. The third kappa shape index (κ3) is 4.79. The number of halogens is 1. The highest BCUT2D eigenvalue weighted by molar-refractivity contribution is 7.99. The predicted octanol–water partition coefficient (Wildman–Crippen LogP) is 1.53. The lowest BCUT2D eigenvalue weighted by Crippen LogP contribution is -2.38. The molecule has 25 heavy (non-hydrogen) atoms. The van der Waals surface area contributed by atoms with Crippen LogP contribution in [0.4, 0.5) is 4.39 Å². The minimum absolute atomic E-state index is 0.0604. The van der Waals surface area contributed by atoms with Crippen molar-refractivity contribution in [2.24, 2.45) is 0 Å². The maximum Gasteiger partial charge on any atom is 0.277 e. The second-order valence-corrected chi connectivity index (χ2v) is 6.67. The monoisotopic (exact) mass is 364 g/mol. The second-order valence-electron chi connectivity index (χ2n) is 5.75. The van der Waals surface area contributed by atoms with E-state index < -0.39 is 0 Å². The van der Waals surface area contributed by atoms with Crippen molar-refractivity contribution in [3.63, 3.8) is 0 Å². The largest absolute Gasteiger partial charge is 0.416 e. The van der Waals surface area contributed by atoms with E-state index in [1.54, 1.807) is 24.0 Å². The van der Waals surface area contributed by atoms with Crippen LogP contribution >= 0.6 is 11.8 Å². The van der Waals surface area contributed by atoms with Crippen LogP contribution in [-0.4, -0.2) is 45.3 Å². The van der Waals surface area contributed by atoms with Gasteiger partial charge in [0.1, 0.15) is 5.82 Å². The second kappa shape index (κ2) is 7.64. The fourth-order valence-corrected chi connectivity index (χ4v) is 3.23. The molecule has 9 heteroatoms. The number of amides is 2. The Morgan fingerprint density at radius 3 is 3.04 bits per heavy atom. The van der Waals surface area contributed by atoms with Crippen molar-refractivity contribution >= 4 is 23.6 Å². The van der Waals surface area contributed by atoms with E-state index in [-0.39, 0.29) is 35.8 Å². The van der Waals surface area contributed by atoms with Crippen LogP contribution in [0, 0.1) is 12.7 Å². The summed E-state index contributed by atoms with van der Waals surface area (Å²) in [7, 11) is 0. The molecule has 7 nitrogen and oxygen atoms in total. The van der Waals surface area contributed by atoms with Gasteiger partial charge in [0.05, 0.1) is 11.8 Å². The summed E-state index contributed by atoms with van der Waals surface area (Å²) in [6.45, 7) is 2.42. The maximum atomic E-state index is 13.2. The number of carbonyl (C=O) groups excluding carboxylic acids is 2. The number of carbonyl (C=O) groups is 2. The molecule has 1 unspecified atom stereocenters. The Morgan fingerprint density at radius 1 is 1.48 bits per heavy atom. The molecule has 2 aromatic rings. The Hall–Kier alpha value is -2.42. The van der Waals surface area contributed by atoms with E-state index >= 15 is 0 Å². The summed E-state index contributed by atoms with van der Waals surface area (Å²) in [4.78, 5) is 25.7. The third-order valence-electron chi connectivity index (χ3n) is 3.68. The molecule has 1 fully saturated rings. The van der Waals surface area contributed by atoms with Crippen molar-refractivity contribution in [2.45, 2.75) is 31.2 Å². The van der Waals surface area contributed by atoms with E-state index in [1.165, 1.54) is 12.1 Å². The zero-order valence-electron chi connectivity index (χ0n) is 13.6. The van der Waals surface area contributed by atoms with Crippen LogP contribution in [-0.2, 0) is 16.1 Å². The van der Waals surface area contributed by atoms with Gasteiger partial charge in [-0.15, -0.1) is 10.2 Å². The molecule has 2 heterocycles. The molecular weight excluding hydrogens is 347 g/mol. The molecule has 1 aromatic carbocycles. The highest BCUT2D eigenvalue weighted by Crippen LogP contribution is 2.18. The number of rotatable bonds is 6. The van der Waals surface area contributed by atoms with Crippen LogP contribution in [0.5, 0.6) is 0 Å². The summed E-state index contributed by atoms with van der Waals surface area (Å²) < 4.78 is 18.4. The summed E-state index contributed by atoms with van der Waals surface area (Å²) >= 11 is 1.15. The number of benzene rings is 1. The average Bonchev–Trinajstić information content (AvgIpc) is 3.11. The SMILES string of the molecule is Cc1nnc(SCC(=O)NC2CC(=O)N(Cc3cccc(F)c3)C2)o1. The van der Waals surface area contributed by atoms with Crippen molar-refractivity contribution < 1.29 is 18.4 Å². The lowest BCUT2D eigenvalue weighted by molar-refractivity contribution is -0.128. The topological polar surface area (TPSA) is 88.3 Å². The molecular formula is C16H17FN4O3S. The van der Waals surface area contributed by atoms with Gasteiger partial charge in [-0.3, -0.25) is 9.59 Å². The zero-order chi connectivity index (χ0) is 17.8. The number of nitrogens with zero attached hydrogens (tertiary/aromatic N) is 3. The molecule has 0 saturated carbocycles. The highest BCUT2D eigenvalue weighted by Gasteiger charge is 2.30. The first-order valence-corrected chi connectivity index (χ1v) is 8.72. The van der Waals surface area contributed by atoms with Gasteiger partial charge in [0.15, 0.2) is 0 Å². The Balaban J connectivity index is 1.47. The van der Waals surface area contributed by atoms with Crippen molar-refractivity contribution in [1.82, 2.24) is 20.4 Å². The first kappa shape index (κ1) is 17.4. The molecule has 0 bridgehead atoms.